The molecule has 2 aromatic rings. The van der Waals surface area contributed by atoms with Crippen molar-refractivity contribution in [1.82, 2.24) is 4.90 Å². The molecule has 24 heavy (non-hydrogen) atoms. The number of carbonyl (C=O) groups excluding carboxylic acids is 2. The Hall–Kier alpha value is -1.83. The molecule has 1 saturated heterocycles. The maximum atomic E-state index is 12.6. The average molecular weight is 370 g/mol. The third-order valence-electron chi connectivity index (χ3n) is 3.84. The summed E-state index contributed by atoms with van der Waals surface area (Å²) in [5, 5.41) is 3.40. The van der Waals surface area contributed by atoms with E-state index in [0.29, 0.717) is 16.4 Å². The number of aryl methyl sites for hydroxylation is 1. The zero-order chi connectivity index (χ0) is 16.4. The van der Waals surface area contributed by atoms with Crippen molar-refractivity contribution in [2.75, 3.05) is 18.4 Å². The number of furan rings is 1. The highest BCUT2D eigenvalue weighted by molar-refractivity contribution is 7.18. The number of amides is 2. The van der Waals surface area contributed by atoms with Gasteiger partial charge in [-0.05, 0) is 43.5 Å². The maximum Gasteiger partial charge on any atom is 0.291 e. The van der Waals surface area contributed by atoms with E-state index in [4.69, 9.17) is 10.2 Å². The molecule has 3 heterocycles. The molecule has 1 fully saturated rings. The van der Waals surface area contributed by atoms with E-state index in [-0.39, 0.29) is 36.0 Å². The van der Waals surface area contributed by atoms with Gasteiger partial charge in [0.05, 0.1) is 16.1 Å². The van der Waals surface area contributed by atoms with E-state index in [1.165, 1.54) is 17.6 Å². The quantitative estimate of drug-likeness (QED) is 0.870. The predicted molar refractivity (Wildman–Crippen MR) is 96.1 cm³/mol. The molecular formula is C16H20ClN3O3S. The smallest absolute Gasteiger partial charge is 0.291 e. The van der Waals surface area contributed by atoms with Crippen molar-refractivity contribution in [3.05, 3.63) is 40.7 Å². The van der Waals surface area contributed by atoms with E-state index in [1.807, 2.05) is 13.0 Å². The average Bonchev–Trinajstić information content (AvgIpc) is 3.16. The lowest BCUT2D eigenvalue weighted by Crippen LogP contribution is -2.45. The summed E-state index contributed by atoms with van der Waals surface area (Å²) in [6, 6.07) is 5.11. The van der Waals surface area contributed by atoms with Crippen LogP contribution in [0.2, 0.25) is 0 Å². The van der Waals surface area contributed by atoms with Gasteiger partial charge >= 0.3 is 0 Å². The number of halogens is 1. The number of piperidine rings is 1. The Morgan fingerprint density at radius 1 is 1.46 bits per heavy atom. The van der Waals surface area contributed by atoms with E-state index in [0.717, 1.165) is 24.9 Å². The third-order valence-corrected chi connectivity index (χ3v) is 4.98. The fourth-order valence-corrected chi connectivity index (χ4v) is 3.71. The van der Waals surface area contributed by atoms with Crippen LogP contribution >= 0.6 is 23.7 Å². The molecule has 1 atom stereocenters. The summed E-state index contributed by atoms with van der Waals surface area (Å²) in [7, 11) is 0. The topological polar surface area (TPSA) is 88.6 Å². The van der Waals surface area contributed by atoms with Gasteiger partial charge in [0, 0.05) is 19.1 Å². The van der Waals surface area contributed by atoms with E-state index < -0.39 is 0 Å². The van der Waals surface area contributed by atoms with Gasteiger partial charge < -0.3 is 20.4 Å². The molecule has 0 saturated carbocycles. The first-order chi connectivity index (χ1) is 11.0. The van der Waals surface area contributed by atoms with Crippen LogP contribution in [0, 0.1) is 6.92 Å². The summed E-state index contributed by atoms with van der Waals surface area (Å²) in [4.78, 5) is 27.1. The molecule has 3 rings (SSSR count). The van der Waals surface area contributed by atoms with E-state index in [1.54, 1.807) is 17.0 Å². The number of nitrogens with zero attached hydrogens (tertiary/aromatic N) is 1. The molecule has 130 valence electrons. The minimum absolute atomic E-state index is 0. The van der Waals surface area contributed by atoms with Crippen LogP contribution in [0.5, 0.6) is 0 Å². The van der Waals surface area contributed by atoms with Crippen LogP contribution in [0.1, 0.15) is 38.6 Å². The van der Waals surface area contributed by atoms with Crippen LogP contribution in [0.3, 0.4) is 0 Å². The van der Waals surface area contributed by atoms with Gasteiger partial charge in [0.2, 0.25) is 0 Å². The summed E-state index contributed by atoms with van der Waals surface area (Å²) in [6.45, 7) is 3.19. The highest BCUT2D eigenvalue weighted by Gasteiger charge is 2.25. The fraction of sp³-hybridized carbons (Fsp3) is 0.375. The molecule has 0 bridgehead atoms. The minimum Gasteiger partial charge on any atom is -0.459 e. The second-order valence-electron chi connectivity index (χ2n) is 5.71. The Labute approximate surface area is 150 Å². The molecular weight excluding hydrogens is 350 g/mol. The SMILES string of the molecule is Cc1cc(NC(=O)c2ccco2)sc1C(=O)N1CCCC(N)C1.Cl. The number of nitrogens with one attached hydrogen (secondary N) is 1. The number of hydrogen-bond acceptors (Lipinski definition) is 5. The van der Waals surface area contributed by atoms with Crippen molar-refractivity contribution < 1.29 is 14.0 Å². The van der Waals surface area contributed by atoms with Crippen LogP contribution in [0.4, 0.5) is 5.00 Å². The molecule has 0 aromatic carbocycles. The fourth-order valence-electron chi connectivity index (χ4n) is 2.68. The number of carbonyl (C=O) groups is 2. The van der Waals surface area contributed by atoms with Crippen molar-refractivity contribution in [3.8, 4) is 0 Å². The normalized spacial score (nSPS) is 17.2. The van der Waals surface area contributed by atoms with Gasteiger partial charge in [-0.1, -0.05) is 0 Å². The molecule has 0 radical (unpaired) electrons. The van der Waals surface area contributed by atoms with Crippen molar-refractivity contribution in [2.24, 2.45) is 5.73 Å². The molecule has 8 heteroatoms. The summed E-state index contributed by atoms with van der Waals surface area (Å²) in [6.07, 6.45) is 3.33. The highest BCUT2D eigenvalue weighted by Crippen LogP contribution is 2.29. The number of anilines is 1. The third kappa shape index (κ3) is 3.98. The summed E-state index contributed by atoms with van der Waals surface area (Å²) in [5.74, 6) is -0.0951. The zero-order valence-corrected chi connectivity index (χ0v) is 14.9. The van der Waals surface area contributed by atoms with E-state index >= 15 is 0 Å². The van der Waals surface area contributed by atoms with Crippen molar-refractivity contribution in [1.29, 1.82) is 0 Å². The molecule has 1 aliphatic rings. The number of hydrogen-bond donors (Lipinski definition) is 2. The Morgan fingerprint density at radius 2 is 2.25 bits per heavy atom. The first-order valence-corrected chi connectivity index (χ1v) is 8.36. The lowest BCUT2D eigenvalue weighted by molar-refractivity contribution is 0.0713. The van der Waals surface area contributed by atoms with Crippen molar-refractivity contribution in [2.45, 2.75) is 25.8 Å². The van der Waals surface area contributed by atoms with Crippen LogP contribution in [-0.2, 0) is 0 Å². The van der Waals surface area contributed by atoms with E-state index in [9.17, 15) is 9.59 Å². The van der Waals surface area contributed by atoms with Crippen molar-refractivity contribution in [3.63, 3.8) is 0 Å². The second kappa shape index (κ2) is 7.83. The zero-order valence-electron chi connectivity index (χ0n) is 13.3. The summed E-state index contributed by atoms with van der Waals surface area (Å²) < 4.78 is 5.06. The molecule has 3 N–H and O–H groups in total. The Bertz CT molecular complexity index is 714. The van der Waals surface area contributed by atoms with Gasteiger partial charge in [0.25, 0.3) is 11.8 Å². The van der Waals surface area contributed by atoms with E-state index in [2.05, 4.69) is 5.32 Å². The lowest BCUT2D eigenvalue weighted by atomic mass is 10.1. The van der Waals surface area contributed by atoms with Crippen molar-refractivity contribution >= 4 is 40.6 Å². The van der Waals surface area contributed by atoms with Crippen LogP contribution < -0.4 is 11.1 Å². The number of nitrogens with two attached hydrogens (primary N) is 1. The second-order valence-corrected chi connectivity index (χ2v) is 6.76. The molecule has 2 amide bonds. The molecule has 0 aliphatic carbocycles. The monoisotopic (exact) mass is 369 g/mol. The van der Waals surface area contributed by atoms with Gasteiger partial charge in [-0.2, -0.15) is 0 Å². The summed E-state index contributed by atoms with van der Waals surface area (Å²) in [5.41, 5.74) is 6.80. The Balaban J connectivity index is 0.00000208. The highest BCUT2D eigenvalue weighted by atomic mass is 35.5. The lowest BCUT2D eigenvalue weighted by Gasteiger charge is -2.30. The molecule has 6 nitrogen and oxygen atoms in total. The largest absolute Gasteiger partial charge is 0.459 e. The van der Waals surface area contributed by atoms with Gasteiger partial charge in [-0.15, -0.1) is 23.7 Å². The molecule has 1 aliphatic heterocycles. The summed E-state index contributed by atoms with van der Waals surface area (Å²) >= 11 is 1.28. The Morgan fingerprint density at radius 3 is 2.92 bits per heavy atom. The van der Waals surface area contributed by atoms with Gasteiger partial charge in [0.1, 0.15) is 0 Å². The number of likely N-dealkylation sites (tertiary alicyclic amines) is 1. The van der Waals surface area contributed by atoms with Crippen LogP contribution in [-0.4, -0.2) is 35.8 Å². The van der Waals surface area contributed by atoms with Crippen LogP contribution in [0.15, 0.2) is 28.9 Å². The first kappa shape index (κ1) is 18.5. The number of thiophene rings is 1. The standard InChI is InChI=1S/C16H19N3O3S.ClH/c1-10-8-13(18-15(20)12-5-3-7-22-12)23-14(10)16(21)19-6-2-4-11(17)9-19;/h3,5,7-8,11H,2,4,6,9,17H2,1H3,(H,18,20);1H. The molecule has 0 spiro atoms. The molecule has 2 aromatic heterocycles. The number of rotatable bonds is 3. The van der Waals surface area contributed by atoms with Crippen LogP contribution in [0.25, 0.3) is 0 Å². The Kier molecular flexibility index (Phi) is 6.04. The van der Waals surface area contributed by atoms with Gasteiger partial charge in [-0.3, -0.25) is 9.59 Å². The predicted octanol–water partition coefficient (Wildman–Crippen LogP) is 2.89. The maximum absolute atomic E-state index is 12.6. The van der Waals surface area contributed by atoms with Gasteiger partial charge in [-0.25, -0.2) is 0 Å². The molecule has 1 unspecified atom stereocenters. The van der Waals surface area contributed by atoms with Gasteiger partial charge in [0.15, 0.2) is 5.76 Å². The first-order valence-electron chi connectivity index (χ1n) is 7.54. The minimum atomic E-state index is -0.324.